The molecule has 2 aliphatic rings. The van der Waals surface area contributed by atoms with Crippen LogP contribution in [0.5, 0.6) is 0 Å². The third-order valence-corrected chi connectivity index (χ3v) is 9.99. The van der Waals surface area contributed by atoms with E-state index in [1.165, 1.54) is 7.11 Å². The lowest BCUT2D eigenvalue weighted by Gasteiger charge is -2.37. The van der Waals surface area contributed by atoms with Crippen LogP contribution in [0.4, 0.5) is 4.79 Å². The number of rotatable bonds is 15. The van der Waals surface area contributed by atoms with Gasteiger partial charge in [-0.15, -0.1) is 0 Å². The molecule has 2 heterocycles. The van der Waals surface area contributed by atoms with Crippen molar-refractivity contribution in [2.75, 3.05) is 7.11 Å². The molecule has 3 aromatic rings. The van der Waals surface area contributed by atoms with E-state index in [0.29, 0.717) is 0 Å². The molecule has 4 N–H and O–H groups in total. The molecule has 5 atom stereocenters. The van der Waals surface area contributed by atoms with Gasteiger partial charge >= 0.3 is 12.1 Å². The van der Waals surface area contributed by atoms with Gasteiger partial charge in [0.2, 0.25) is 0 Å². The van der Waals surface area contributed by atoms with Gasteiger partial charge in [-0.2, -0.15) is 0 Å². The Morgan fingerprint density at radius 3 is 1.87 bits per heavy atom. The smallest absolute Gasteiger partial charge is 0.407 e. The fraction of sp³-hybridized carbons (Fsp3) is 0.409. The Morgan fingerprint density at radius 1 is 0.778 bits per heavy atom. The molecule has 2 aliphatic heterocycles. The number of benzene rings is 3. The zero-order chi connectivity index (χ0) is 39.1. The molecule has 5 rings (SSSR count). The van der Waals surface area contributed by atoms with Crippen LogP contribution in [0.25, 0.3) is 0 Å². The van der Waals surface area contributed by atoms with E-state index < -0.39 is 46.8 Å². The lowest BCUT2D eigenvalue weighted by Crippen LogP contribution is -2.57. The molecule has 10 nitrogen and oxygen atoms in total. The van der Waals surface area contributed by atoms with Crippen LogP contribution in [0.3, 0.4) is 0 Å². The summed E-state index contributed by atoms with van der Waals surface area (Å²) in [5, 5.41) is 21.6. The van der Waals surface area contributed by atoms with Crippen LogP contribution in [-0.2, 0) is 43.1 Å². The van der Waals surface area contributed by atoms with E-state index in [2.05, 4.69) is 16.0 Å². The average Bonchev–Trinajstić information content (AvgIpc) is 3.62. The zero-order valence-electron chi connectivity index (χ0n) is 32.1. The number of alkyl carbamates (subject to hydrolysis) is 1. The molecule has 10 heteroatoms. The van der Waals surface area contributed by atoms with Crippen molar-refractivity contribution in [2.24, 2.45) is 11.8 Å². The van der Waals surface area contributed by atoms with E-state index in [-0.39, 0.29) is 60.7 Å². The first-order chi connectivity index (χ1) is 25.7. The molecular formula is C44H53N3O7. The Labute approximate surface area is 318 Å². The minimum atomic E-state index is -1.47. The lowest BCUT2D eigenvalue weighted by molar-refractivity contribution is -0.145. The average molecular weight is 736 g/mol. The maximum absolute atomic E-state index is 15.2. The highest BCUT2D eigenvalue weighted by atomic mass is 16.6. The van der Waals surface area contributed by atoms with E-state index in [4.69, 9.17) is 9.47 Å². The van der Waals surface area contributed by atoms with Crippen molar-refractivity contribution < 1.29 is 33.8 Å². The number of hydrogen-bond acceptors (Lipinski definition) is 9. The second kappa shape index (κ2) is 16.8. The Balaban J connectivity index is 1.50. The molecule has 0 saturated carbocycles. The maximum atomic E-state index is 15.2. The Kier molecular flexibility index (Phi) is 12.5. The largest absolute Gasteiger partial charge is 0.469 e. The summed E-state index contributed by atoms with van der Waals surface area (Å²) < 4.78 is 10.8. The molecule has 1 amide bonds. The fourth-order valence-corrected chi connectivity index (χ4v) is 7.55. The number of aliphatic hydroxyl groups is 1. The van der Waals surface area contributed by atoms with Gasteiger partial charge in [0.25, 0.3) is 0 Å². The maximum Gasteiger partial charge on any atom is 0.407 e. The number of aliphatic hydroxyl groups excluding tert-OH is 1. The minimum Gasteiger partial charge on any atom is -0.469 e. The van der Waals surface area contributed by atoms with Crippen molar-refractivity contribution in [2.45, 2.75) is 95.5 Å². The van der Waals surface area contributed by atoms with E-state index in [1.807, 2.05) is 105 Å². The topological polar surface area (TPSA) is 143 Å². The van der Waals surface area contributed by atoms with Crippen molar-refractivity contribution in [3.05, 3.63) is 131 Å². The predicted molar refractivity (Wildman–Crippen MR) is 207 cm³/mol. The number of carbonyl (C=O) groups is 4. The first-order valence-electron chi connectivity index (χ1n) is 18.6. The molecule has 0 aliphatic carbocycles. The van der Waals surface area contributed by atoms with E-state index in [0.717, 1.165) is 16.7 Å². The number of ether oxygens (including phenoxy) is 2. The summed E-state index contributed by atoms with van der Waals surface area (Å²) in [5.74, 6) is -2.20. The van der Waals surface area contributed by atoms with Crippen molar-refractivity contribution >= 4 is 23.6 Å². The standard InChI is InChI=1S/C44H53N3O7/c1-29(2)24-44(38(49)34(27-46-44)33(40(51)53-6)22-30-16-10-7-11-17-30)35-28-45-43(39(35)50,25-32-20-14-9-15-21-32)26-37(48)36(23-31-18-12-8-13-19-31)47-41(52)54-42(3,4)5/h7-21,27-29,33,36-37,45-46,48H,22-26H2,1-6H3,(H,47,52)/t33-,36-,37-,43-,44-/m0/s1. The fourth-order valence-electron chi connectivity index (χ4n) is 7.55. The third kappa shape index (κ3) is 9.28. The number of ketones is 2. The minimum absolute atomic E-state index is 0.0309. The Hall–Kier alpha value is -5.22. The van der Waals surface area contributed by atoms with Gasteiger partial charge in [-0.1, -0.05) is 105 Å². The number of nitrogens with one attached hydrogen (secondary N) is 3. The molecule has 0 unspecified atom stereocenters. The van der Waals surface area contributed by atoms with E-state index in [1.54, 1.807) is 33.2 Å². The number of Topliss-reactive ketones (excluding diaryl/α,β-unsaturated/α-hetero) is 2. The van der Waals surface area contributed by atoms with Gasteiger partial charge in [-0.25, -0.2) is 4.79 Å². The molecule has 0 bridgehead atoms. The highest BCUT2D eigenvalue weighted by Crippen LogP contribution is 2.42. The van der Waals surface area contributed by atoms with Crippen LogP contribution < -0.4 is 16.0 Å². The normalized spacial score (nSPS) is 21.3. The van der Waals surface area contributed by atoms with Crippen molar-refractivity contribution in [3.63, 3.8) is 0 Å². The highest BCUT2D eigenvalue weighted by Gasteiger charge is 2.57. The number of methoxy groups -OCH3 is 1. The highest BCUT2D eigenvalue weighted by molar-refractivity contribution is 6.19. The quantitative estimate of drug-likeness (QED) is 0.143. The van der Waals surface area contributed by atoms with Crippen LogP contribution in [0.1, 0.15) is 64.2 Å². The summed E-state index contributed by atoms with van der Waals surface area (Å²) >= 11 is 0. The summed E-state index contributed by atoms with van der Waals surface area (Å²) in [5.41, 5.74) is -0.583. The molecule has 0 aromatic heterocycles. The van der Waals surface area contributed by atoms with Crippen molar-refractivity contribution in [1.29, 1.82) is 0 Å². The summed E-state index contributed by atoms with van der Waals surface area (Å²) in [6.45, 7) is 9.24. The second-order valence-electron chi connectivity index (χ2n) is 15.8. The molecule has 0 fully saturated rings. The SMILES string of the molecule is COC(=O)[C@@H](Cc1ccccc1)C1=CN[C@@](CC(C)C)(C2=CN[C@@](Cc3ccccc3)(C[C@H](O)[C@H](Cc3ccccc3)NC(=O)OC(C)(C)C)C2=O)C1=O. The van der Waals surface area contributed by atoms with Crippen LogP contribution in [0.15, 0.2) is 115 Å². The van der Waals surface area contributed by atoms with E-state index in [9.17, 15) is 19.5 Å². The molecule has 286 valence electrons. The molecule has 0 radical (unpaired) electrons. The summed E-state index contributed by atoms with van der Waals surface area (Å²) in [7, 11) is 1.30. The van der Waals surface area contributed by atoms with Gasteiger partial charge in [0.15, 0.2) is 11.6 Å². The van der Waals surface area contributed by atoms with Gasteiger partial charge in [-0.05, 0) is 62.6 Å². The second-order valence-corrected chi connectivity index (χ2v) is 15.8. The summed E-state index contributed by atoms with van der Waals surface area (Å²) in [4.78, 5) is 56.3. The summed E-state index contributed by atoms with van der Waals surface area (Å²) in [6.07, 6.45) is 2.14. The van der Waals surface area contributed by atoms with Crippen molar-refractivity contribution in [1.82, 2.24) is 16.0 Å². The number of carbonyl (C=O) groups excluding carboxylic acids is 4. The zero-order valence-corrected chi connectivity index (χ0v) is 32.1. The first kappa shape index (κ1) is 40.0. The predicted octanol–water partition coefficient (Wildman–Crippen LogP) is 5.78. The van der Waals surface area contributed by atoms with Crippen LogP contribution in [0.2, 0.25) is 0 Å². The summed E-state index contributed by atoms with van der Waals surface area (Å²) in [6, 6.07) is 27.5. The molecular weight excluding hydrogens is 682 g/mol. The van der Waals surface area contributed by atoms with Gasteiger partial charge in [-0.3, -0.25) is 14.4 Å². The third-order valence-electron chi connectivity index (χ3n) is 9.99. The van der Waals surface area contributed by atoms with Gasteiger partial charge in [0, 0.05) is 36.4 Å². The first-order valence-corrected chi connectivity index (χ1v) is 18.6. The van der Waals surface area contributed by atoms with Crippen LogP contribution >= 0.6 is 0 Å². The number of hydrogen-bond donors (Lipinski definition) is 4. The van der Waals surface area contributed by atoms with E-state index >= 15 is 4.79 Å². The van der Waals surface area contributed by atoms with Gasteiger partial charge in [0.05, 0.1) is 25.2 Å². The van der Waals surface area contributed by atoms with Crippen LogP contribution in [0, 0.1) is 11.8 Å². The van der Waals surface area contributed by atoms with Crippen LogP contribution in [-0.4, -0.2) is 64.7 Å². The molecule has 0 saturated heterocycles. The molecule has 3 aromatic carbocycles. The van der Waals surface area contributed by atoms with Gasteiger partial charge in [0.1, 0.15) is 16.7 Å². The Bertz CT molecular complexity index is 1850. The molecule has 54 heavy (non-hydrogen) atoms. The van der Waals surface area contributed by atoms with Gasteiger partial charge < -0.3 is 30.5 Å². The van der Waals surface area contributed by atoms with Crippen molar-refractivity contribution in [3.8, 4) is 0 Å². The lowest BCUT2D eigenvalue weighted by atomic mass is 9.71. The Morgan fingerprint density at radius 2 is 1.33 bits per heavy atom. The number of amides is 1. The number of esters is 1. The molecule has 0 spiro atoms. The monoisotopic (exact) mass is 735 g/mol.